The number of para-hydroxylation sites is 2. The summed E-state index contributed by atoms with van der Waals surface area (Å²) >= 11 is 1.85. The van der Waals surface area contributed by atoms with Gasteiger partial charge in [0.25, 0.3) is 0 Å². The Balaban J connectivity index is 1.07. The third-order valence-corrected chi connectivity index (χ3v) is 13.2. The molecule has 0 spiro atoms. The number of benzene rings is 10. The van der Waals surface area contributed by atoms with Gasteiger partial charge in [-0.1, -0.05) is 170 Å². The van der Waals surface area contributed by atoms with E-state index >= 15 is 0 Å². The van der Waals surface area contributed by atoms with Crippen molar-refractivity contribution in [1.29, 1.82) is 0 Å². The molecule has 0 unspecified atom stereocenters. The summed E-state index contributed by atoms with van der Waals surface area (Å²) < 4.78 is 9.60. The number of thiophene rings is 1. The lowest BCUT2D eigenvalue weighted by Crippen LogP contribution is -2.11. The SMILES string of the molecule is c1ccc(-c2ccccc2N(c2ccc(-c3ccc4ccccc4c3)cc2)c2ccc(-c3ccccc3-c3ccc4c(c3)sc3ccccc34)c3oc4ccccc4c23)cc1. The summed E-state index contributed by atoms with van der Waals surface area (Å²) in [6.07, 6.45) is 0. The van der Waals surface area contributed by atoms with Gasteiger partial charge in [0.1, 0.15) is 11.2 Å². The molecule has 12 aromatic rings. The topological polar surface area (TPSA) is 16.4 Å². The highest BCUT2D eigenvalue weighted by atomic mass is 32.1. The first-order chi connectivity index (χ1) is 30.2. The van der Waals surface area contributed by atoms with Crippen LogP contribution in [0.3, 0.4) is 0 Å². The first-order valence-electron chi connectivity index (χ1n) is 20.7. The summed E-state index contributed by atoms with van der Waals surface area (Å²) in [5.41, 5.74) is 14.1. The van der Waals surface area contributed by atoms with Gasteiger partial charge < -0.3 is 9.32 Å². The van der Waals surface area contributed by atoms with E-state index in [9.17, 15) is 0 Å². The van der Waals surface area contributed by atoms with E-state index in [4.69, 9.17) is 4.42 Å². The van der Waals surface area contributed by atoms with E-state index in [-0.39, 0.29) is 0 Å². The number of furan rings is 1. The average molecular weight is 796 g/mol. The molecule has 2 aromatic heterocycles. The van der Waals surface area contributed by atoms with Gasteiger partial charge in [0, 0.05) is 42.4 Å². The van der Waals surface area contributed by atoms with Crippen LogP contribution in [0, 0.1) is 0 Å². The minimum Gasteiger partial charge on any atom is -0.455 e. The zero-order valence-corrected chi connectivity index (χ0v) is 33.9. The Bertz CT molecular complexity index is 3600. The number of fused-ring (bicyclic) bond motifs is 7. The lowest BCUT2D eigenvalue weighted by molar-refractivity contribution is 0.670. The van der Waals surface area contributed by atoms with Crippen molar-refractivity contribution in [3.63, 3.8) is 0 Å². The Morgan fingerprint density at radius 1 is 0.344 bits per heavy atom. The largest absolute Gasteiger partial charge is 0.455 e. The highest BCUT2D eigenvalue weighted by Gasteiger charge is 2.25. The molecule has 61 heavy (non-hydrogen) atoms. The smallest absolute Gasteiger partial charge is 0.145 e. The molecule has 286 valence electrons. The van der Waals surface area contributed by atoms with Crippen LogP contribution in [0.15, 0.2) is 229 Å². The van der Waals surface area contributed by atoms with Crippen molar-refractivity contribution in [2.75, 3.05) is 4.90 Å². The second kappa shape index (κ2) is 14.5. The number of hydrogen-bond donors (Lipinski definition) is 0. The average Bonchev–Trinajstić information content (AvgIpc) is 3.91. The third kappa shape index (κ3) is 6.01. The predicted octanol–water partition coefficient (Wildman–Crippen LogP) is 17.2. The van der Waals surface area contributed by atoms with Crippen molar-refractivity contribution in [3.8, 4) is 44.5 Å². The molecule has 0 atom stereocenters. The van der Waals surface area contributed by atoms with Gasteiger partial charge in [0.15, 0.2) is 0 Å². The molecule has 2 heterocycles. The van der Waals surface area contributed by atoms with Crippen LogP contribution < -0.4 is 4.90 Å². The summed E-state index contributed by atoms with van der Waals surface area (Å²) in [5.74, 6) is 0. The molecule has 0 saturated carbocycles. The van der Waals surface area contributed by atoms with Crippen LogP contribution in [0.1, 0.15) is 0 Å². The fraction of sp³-hybridized carbons (Fsp3) is 0. The van der Waals surface area contributed by atoms with Gasteiger partial charge in [-0.3, -0.25) is 0 Å². The fourth-order valence-electron chi connectivity index (χ4n) is 9.18. The number of rotatable bonds is 7. The molecule has 0 bridgehead atoms. The van der Waals surface area contributed by atoms with Crippen LogP contribution in [-0.2, 0) is 0 Å². The Hall–Kier alpha value is -7.72. The molecule has 0 aliphatic rings. The van der Waals surface area contributed by atoms with Gasteiger partial charge in [0.2, 0.25) is 0 Å². The van der Waals surface area contributed by atoms with Gasteiger partial charge in [-0.15, -0.1) is 11.3 Å². The first kappa shape index (κ1) is 35.2. The summed E-state index contributed by atoms with van der Waals surface area (Å²) in [6.45, 7) is 0. The Morgan fingerprint density at radius 3 is 1.87 bits per heavy atom. The molecule has 0 aliphatic carbocycles. The molecule has 0 aliphatic heterocycles. The fourth-order valence-corrected chi connectivity index (χ4v) is 10.3. The minimum absolute atomic E-state index is 0.860. The van der Waals surface area contributed by atoms with E-state index < -0.39 is 0 Å². The quantitative estimate of drug-likeness (QED) is 0.160. The zero-order valence-electron chi connectivity index (χ0n) is 33.1. The van der Waals surface area contributed by atoms with E-state index in [1.54, 1.807) is 0 Å². The molecular formula is C58H37NOS. The molecule has 0 radical (unpaired) electrons. The molecule has 0 fully saturated rings. The highest BCUT2D eigenvalue weighted by molar-refractivity contribution is 7.25. The van der Waals surface area contributed by atoms with Gasteiger partial charge in [-0.25, -0.2) is 0 Å². The van der Waals surface area contributed by atoms with Crippen LogP contribution in [-0.4, -0.2) is 0 Å². The Labute approximate surface area is 357 Å². The lowest BCUT2D eigenvalue weighted by atomic mass is 9.92. The molecule has 0 amide bonds. The maximum absolute atomic E-state index is 7.00. The molecule has 2 nitrogen and oxygen atoms in total. The molecule has 0 N–H and O–H groups in total. The maximum atomic E-state index is 7.00. The van der Waals surface area contributed by atoms with Crippen molar-refractivity contribution >= 4 is 81.3 Å². The van der Waals surface area contributed by atoms with Crippen molar-refractivity contribution in [3.05, 3.63) is 224 Å². The van der Waals surface area contributed by atoms with Crippen molar-refractivity contribution in [2.24, 2.45) is 0 Å². The molecule has 0 saturated heterocycles. The van der Waals surface area contributed by atoms with Crippen LogP contribution in [0.25, 0.3) is 97.4 Å². The standard InChI is InChI=1S/C58H37NOS/c1-2-15-40(16-3-1)46-19-8-11-23-52(46)59(44-31-28-39(29-32-44)42-27-26-38-14-4-5-17-41(38)36-42)53-35-34-50(58-57(53)51-22-9-12-24-54(51)60-58)47-20-7-6-18-45(47)43-30-33-49-48-21-10-13-25-55(48)61-56(49)37-43/h1-37H. The van der Waals surface area contributed by atoms with Gasteiger partial charge in [-0.2, -0.15) is 0 Å². The van der Waals surface area contributed by atoms with Gasteiger partial charge >= 0.3 is 0 Å². The molecular weight excluding hydrogens is 759 g/mol. The molecule has 12 rings (SSSR count). The number of nitrogens with zero attached hydrogens (tertiary/aromatic N) is 1. The summed E-state index contributed by atoms with van der Waals surface area (Å²) in [7, 11) is 0. The monoisotopic (exact) mass is 795 g/mol. The Morgan fingerprint density at radius 2 is 1.00 bits per heavy atom. The number of anilines is 3. The summed E-state index contributed by atoms with van der Waals surface area (Å²) in [6, 6.07) is 81.1. The summed E-state index contributed by atoms with van der Waals surface area (Å²) in [4.78, 5) is 2.42. The third-order valence-electron chi connectivity index (χ3n) is 12.1. The van der Waals surface area contributed by atoms with Crippen molar-refractivity contribution in [1.82, 2.24) is 0 Å². The van der Waals surface area contributed by atoms with Crippen molar-refractivity contribution in [2.45, 2.75) is 0 Å². The maximum Gasteiger partial charge on any atom is 0.145 e. The normalized spacial score (nSPS) is 11.6. The van der Waals surface area contributed by atoms with Crippen LogP contribution >= 0.6 is 11.3 Å². The van der Waals surface area contributed by atoms with E-state index in [0.717, 1.165) is 61.3 Å². The van der Waals surface area contributed by atoms with Crippen LogP contribution in [0.5, 0.6) is 0 Å². The lowest BCUT2D eigenvalue weighted by Gasteiger charge is -2.29. The van der Waals surface area contributed by atoms with E-state index in [1.807, 2.05) is 11.3 Å². The molecule has 10 aromatic carbocycles. The first-order valence-corrected chi connectivity index (χ1v) is 21.6. The predicted molar refractivity (Wildman–Crippen MR) is 261 cm³/mol. The van der Waals surface area contributed by atoms with Crippen LogP contribution in [0.4, 0.5) is 17.1 Å². The second-order valence-corrected chi connectivity index (χ2v) is 16.7. The summed E-state index contributed by atoms with van der Waals surface area (Å²) in [5, 5.41) is 7.23. The van der Waals surface area contributed by atoms with Crippen LogP contribution in [0.2, 0.25) is 0 Å². The highest BCUT2D eigenvalue weighted by Crippen LogP contribution is 2.49. The number of hydrogen-bond acceptors (Lipinski definition) is 3. The van der Waals surface area contributed by atoms with E-state index in [0.29, 0.717) is 0 Å². The zero-order chi connectivity index (χ0) is 40.3. The molecule has 3 heteroatoms. The minimum atomic E-state index is 0.860. The second-order valence-electron chi connectivity index (χ2n) is 15.6. The van der Waals surface area contributed by atoms with E-state index in [1.165, 1.54) is 53.2 Å². The van der Waals surface area contributed by atoms with Crippen molar-refractivity contribution < 1.29 is 4.42 Å². The van der Waals surface area contributed by atoms with E-state index in [2.05, 4.69) is 229 Å². The van der Waals surface area contributed by atoms with Gasteiger partial charge in [0.05, 0.1) is 16.8 Å². The Kier molecular flexibility index (Phi) is 8.39. The van der Waals surface area contributed by atoms with Gasteiger partial charge in [-0.05, 0) is 98.8 Å².